The Labute approximate surface area is 84.8 Å². The van der Waals surface area contributed by atoms with E-state index >= 15 is 0 Å². The van der Waals surface area contributed by atoms with Crippen LogP contribution in [0.5, 0.6) is 0 Å². The molecular weight excluding hydrogens is 172 g/mol. The molecule has 0 radical (unpaired) electrons. The second-order valence-corrected chi connectivity index (χ2v) is 4.27. The molecule has 1 aromatic rings. The van der Waals surface area contributed by atoms with Crippen molar-refractivity contribution in [2.24, 2.45) is 0 Å². The minimum atomic E-state index is -0.250. The van der Waals surface area contributed by atoms with Gasteiger partial charge >= 0.3 is 0 Å². The number of nitriles is 1. The Morgan fingerprint density at radius 3 is 2.71 bits per heavy atom. The lowest BCUT2D eigenvalue weighted by atomic mass is 9.64. The number of nitrogens with zero attached hydrogens (tertiary/aromatic N) is 2. The molecule has 14 heavy (non-hydrogen) atoms. The van der Waals surface area contributed by atoms with Crippen molar-refractivity contribution in [2.75, 3.05) is 20.6 Å². The van der Waals surface area contributed by atoms with Crippen LogP contribution in [0.4, 0.5) is 0 Å². The van der Waals surface area contributed by atoms with Crippen molar-refractivity contribution in [1.82, 2.24) is 4.90 Å². The number of fused-ring (bicyclic) bond motifs is 1. The Morgan fingerprint density at radius 2 is 2.14 bits per heavy atom. The SMILES string of the molecule is CN(C)CC1(C#N)Cc2ccccc21. The lowest BCUT2D eigenvalue weighted by Gasteiger charge is -2.40. The maximum absolute atomic E-state index is 9.26. The zero-order valence-corrected chi connectivity index (χ0v) is 8.62. The summed E-state index contributed by atoms with van der Waals surface area (Å²) in [4.78, 5) is 2.08. The molecule has 1 aliphatic carbocycles. The zero-order valence-electron chi connectivity index (χ0n) is 8.62. The molecule has 0 aliphatic heterocycles. The summed E-state index contributed by atoms with van der Waals surface area (Å²) < 4.78 is 0. The van der Waals surface area contributed by atoms with E-state index in [2.05, 4.69) is 23.1 Å². The summed E-state index contributed by atoms with van der Waals surface area (Å²) in [5.74, 6) is 0. The summed E-state index contributed by atoms with van der Waals surface area (Å²) in [6.45, 7) is 0.820. The van der Waals surface area contributed by atoms with Gasteiger partial charge in [0.1, 0.15) is 0 Å². The van der Waals surface area contributed by atoms with Crippen molar-refractivity contribution in [1.29, 1.82) is 5.26 Å². The van der Waals surface area contributed by atoms with E-state index in [1.165, 1.54) is 11.1 Å². The van der Waals surface area contributed by atoms with E-state index in [4.69, 9.17) is 0 Å². The third-order valence-corrected chi connectivity index (χ3v) is 2.83. The summed E-state index contributed by atoms with van der Waals surface area (Å²) in [5.41, 5.74) is 2.30. The van der Waals surface area contributed by atoms with Gasteiger partial charge in [-0.3, -0.25) is 0 Å². The normalized spacial score (nSPS) is 23.9. The Hall–Kier alpha value is -1.33. The molecule has 0 spiro atoms. The van der Waals surface area contributed by atoms with Crippen molar-refractivity contribution in [3.63, 3.8) is 0 Å². The van der Waals surface area contributed by atoms with Gasteiger partial charge in [0, 0.05) is 6.54 Å². The van der Waals surface area contributed by atoms with Gasteiger partial charge in [0.2, 0.25) is 0 Å². The van der Waals surface area contributed by atoms with Gasteiger partial charge in [-0.05, 0) is 31.6 Å². The first-order valence-electron chi connectivity index (χ1n) is 4.82. The monoisotopic (exact) mass is 186 g/mol. The van der Waals surface area contributed by atoms with Crippen LogP contribution in [0.2, 0.25) is 0 Å². The maximum Gasteiger partial charge on any atom is 0.0991 e. The fraction of sp³-hybridized carbons (Fsp3) is 0.417. The fourth-order valence-electron chi connectivity index (χ4n) is 2.27. The van der Waals surface area contributed by atoms with E-state index < -0.39 is 0 Å². The van der Waals surface area contributed by atoms with Crippen molar-refractivity contribution in [2.45, 2.75) is 11.8 Å². The molecule has 0 fully saturated rings. The van der Waals surface area contributed by atoms with Crippen LogP contribution in [0.3, 0.4) is 0 Å². The molecule has 0 heterocycles. The molecular formula is C12H14N2. The molecule has 0 N–H and O–H groups in total. The van der Waals surface area contributed by atoms with E-state index in [-0.39, 0.29) is 5.41 Å². The predicted molar refractivity (Wildman–Crippen MR) is 56.0 cm³/mol. The Kier molecular flexibility index (Phi) is 2.05. The van der Waals surface area contributed by atoms with E-state index in [1.54, 1.807) is 0 Å². The summed E-state index contributed by atoms with van der Waals surface area (Å²) in [6, 6.07) is 10.7. The summed E-state index contributed by atoms with van der Waals surface area (Å²) in [6.07, 6.45) is 0.901. The van der Waals surface area contributed by atoms with Crippen LogP contribution < -0.4 is 0 Å². The first kappa shape index (κ1) is 9.23. The first-order chi connectivity index (χ1) is 6.68. The second kappa shape index (κ2) is 3.11. The standard InChI is InChI=1S/C12H14N2/c1-14(2)9-12(8-13)7-10-5-3-4-6-11(10)12/h3-6H,7,9H2,1-2H3. The van der Waals surface area contributed by atoms with Gasteiger partial charge < -0.3 is 4.90 Å². The summed E-state index contributed by atoms with van der Waals surface area (Å²) in [5, 5.41) is 9.26. The van der Waals surface area contributed by atoms with Crippen LogP contribution in [0.15, 0.2) is 24.3 Å². The molecule has 0 aromatic heterocycles. The molecule has 72 valence electrons. The molecule has 1 atom stereocenters. The van der Waals surface area contributed by atoms with Crippen molar-refractivity contribution >= 4 is 0 Å². The number of hydrogen-bond acceptors (Lipinski definition) is 2. The second-order valence-electron chi connectivity index (χ2n) is 4.27. The van der Waals surface area contributed by atoms with Gasteiger partial charge in [-0.25, -0.2) is 0 Å². The molecule has 1 aliphatic rings. The molecule has 0 bridgehead atoms. The lowest BCUT2D eigenvalue weighted by molar-refractivity contribution is 0.304. The van der Waals surface area contributed by atoms with Gasteiger partial charge in [0.15, 0.2) is 0 Å². The average Bonchev–Trinajstić information content (AvgIpc) is 2.13. The van der Waals surface area contributed by atoms with Crippen LogP contribution >= 0.6 is 0 Å². The molecule has 0 saturated heterocycles. The van der Waals surface area contributed by atoms with Crippen LogP contribution in [0, 0.1) is 11.3 Å². The van der Waals surface area contributed by atoms with Gasteiger partial charge in [-0.1, -0.05) is 24.3 Å². The molecule has 1 unspecified atom stereocenters. The maximum atomic E-state index is 9.26. The highest BCUT2D eigenvalue weighted by Gasteiger charge is 2.42. The van der Waals surface area contributed by atoms with Gasteiger partial charge in [-0.2, -0.15) is 5.26 Å². The molecule has 0 amide bonds. The molecule has 0 saturated carbocycles. The predicted octanol–water partition coefficient (Wildman–Crippen LogP) is 1.57. The molecule has 2 rings (SSSR count). The van der Waals surface area contributed by atoms with E-state index in [1.807, 2.05) is 26.2 Å². The highest BCUT2D eigenvalue weighted by molar-refractivity contribution is 5.50. The van der Waals surface area contributed by atoms with E-state index in [0.29, 0.717) is 0 Å². The quantitative estimate of drug-likeness (QED) is 0.701. The lowest BCUT2D eigenvalue weighted by Crippen LogP contribution is -2.45. The number of likely N-dealkylation sites (N-methyl/N-ethyl adjacent to an activating group) is 1. The highest BCUT2D eigenvalue weighted by Crippen LogP contribution is 2.40. The fourth-order valence-corrected chi connectivity index (χ4v) is 2.27. The first-order valence-corrected chi connectivity index (χ1v) is 4.82. The van der Waals surface area contributed by atoms with E-state index in [0.717, 1.165) is 13.0 Å². The highest BCUT2D eigenvalue weighted by atomic mass is 15.1. The molecule has 2 heteroatoms. The van der Waals surface area contributed by atoms with Crippen molar-refractivity contribution < 1.29 is 0 Å². The third-order valence-electron chi connectivity index (χ3n) is 2.83. The number of benzene rings is 1. The molecule has 2 nitrogen and oxygen atoms in total. The van der Waals surface area contributed by atoms with Crippen LogP contribution in [-0.2, 0) is 11.8 Å². The van der Waals surface area contributed by atoms with Gasteiger partial charge in [0.05, 0.1) is 11.5 Å². The average molecular weight is 186 g/mol. The molecule has 1 aromatic carbocycles. The Bertz CT molecular complexity index is 390. The number of rotatable bonds is 2. The van der Waals surface area contributed by atoms with Gasteiger partial charge in [-0.15, -0.1) is 0 Å². The minimum Gasteiger partial charge on any atom is -0.307 e. The van der Waals surface area contributed by atoms with Crippen LogP contribution in [-0.4, -0.2) is 25.5 Å². The summed E-state index contributed by atoms with van der Waals surface area (Å²) in [7, 11) is 4.03. The third kappa shape index (κ3) is 1.21. The minimum absolute atomic E-state index is 0.250. The largest absolute Gasteiger partial charge is 0.307 e. The van der Waals surface area contributed by atoms with Gasteiger partial charge in [0.25, 0.3) is 0 Å². The summed E-state index contributed by atoms with van der Waals surface area (Å²) >= 11 is 0. The zero-order chi connectivity index (χ0) is 10.2. The topological polar surface area (TPSA) is 27.0 Å². The number of hydrogen-bond donors (Lipinski definition) is 0. The Morgan fingerprint density at radius 1 is 1.43 bits per heavy atom. The Balaban J connectivity index is 2.33. The van der Waals surface area contributed by atoms with Crippen LogP contribution in [0.25, 0.3) is 0 Å². The van der Waals surface area contributed by atoms with Crippen molar-refractivity contribution in [3.8, 4) is 6.07 Å². The smallest absolute Gasteiger partial charge is 0.0991 e. The van der Waals surface area contributed by atoms with Crippen molar-refractivity contribution in [3.05, 3.63) is 35.4 Å². The van der Waals surface area contributed by atoms with E-state index in [9.17, 15) is 5.26 Å². The van der Waals surface area contributed by atoms with Crippen LogP contribution in [0.1, 0.15) is 11.1 Å².